The molecule has 5 heteroatoms. The average Bonchev–Trinajstić information content (AvgIpc) is 3.76. The van der Waals surface area contributed by atoms with E-state index >= 15 is 0 Å². The fourth-order valence-corrected chi connectivity index (χ4v) is 12.0. The molecule has 0 spiro atoms. The molecule has 0 aliphatic heterocycles. The van der Waals surface area contributed by atoms with Crippen LogP contribution in [0.1, 0.15) is 109 Å². The van der Waals surface area contributed by atoms with E-state index in [1.165, 1.54) is 55.6 Å². The topological polar surface area (TPSA) is 25.8 Å². The standard InChI is InChI=1S/2C24H22N.2ClH.Zr/c2*1-3-17(2)18-10-12-19(13-11-18)20-7-6-8-21-22(20)14-15-23(21)24-9-4-5-16-25-24;;;/h2*4-14,16-17,23H,3H2,1-2H3;2*1H;/q;;;;+2/p-2. The van der Waals surface area contributed by atoms with Gasteiger partial charge in [-0.25, -0.2) is 0 Å². The van der Waals surface area contributed by atoms with E-state index < -0.39 is 23.2 Å². The predicted octanol–water partition coefficient (Wildman–Crippen LogP) is 6.60. The zero-order valence-corrected chi connectivity index (χ0v) is 34.7. The number of hydrogen-bond acceptors (Lipinski definition) is 2. The molecule has 2 nitrogen and oxygen atoms in total. The van der Waals surface area contributed by atoms with Crippen LogP contribution < -0.4 is 24.8 Å². The Hall–Kier alpha value is -3.88. The summed E-state index contributed by atoms with van der Waals surface area (Å²) < 4.78 is 3.10. The second-order valence-corrected chi connectivity index (χ2v) is 17.6. The third kappa shape index (κ3) is 7.59. The van der Waals surface area contributed by atoms with Crippen LogP contribution in [0.2, 0.25) is 0 Å². The van der Waals surface area contributed by atoms with Crippen molar-refractivity contribution in [3.05, 3.63) is 185 Å². The smallest absolute Gasteiger partial charge is 1.00 e. The van der Waals surface area contributed by atoms with Crippen LogP contribution in [0.25, 0.3) is 34.4 Å². The van der Waals surface area contributed by atoms with Crippen molar-refractivity contribution in [2.75, 3.05) is 0 Å². The molecule has 4 atom stereocenters. The van der Waals surface area contributed by atoms with Crippen LogP contribution in [0.15, 0.2) is 140 Å². The summed E-state index contributed by atoms with van der Waals surface area (Å²) >= 11 is -1.33. The zero-order chi connectivity index (χ0) is 34.9. The van der Waals surface area contributed by atoms with Crippen molar-refractivity contribution in [3.8, 4) is 22.3 Å². The van der Waals surface area contributed by atoms with E-state index in [2.05, 4.69) is 149 Å². The first-order valence-corrected chi connectivity index (χ1v) is 21.0. The maximum atomic E-state index is 4.98. The van der Waals surface area contributed by atoms with Gasteiger partial charge in [0.05, 0.1) is 0 Å². The number of rotatable bonds is 10. The largest absolute Gasteiger partial charge is 1.00 e. The number of hydrogen-bond donors (Lipinski definition) is 0. The summed E-state index contributed by atoms with van der Waals surface area (Å²) in [5.74, 6) is 1.45. The molecule has 0 radical (unpaired) electrons. The Labute approximate surface area is 339 Å². The molecule has 0 fully saturated rings. The van der Waals surface area contributed by atoms with Gasteiger partial charge in [-0.15, -0.1) is 0 Å². The Morgan fingerprint density at radius 1 is 0.509 bits per heavy atom. The van der Waals surface area contributed by atoms with Crippen molar-refractivity contribution < 1.29 is 48.0 Å². The van der Waals surface area contributed by atoms with Crippen molar-refractivity contribution in [3.63, 3.8) is 0 Å². The van der Waals surface area contributed by atoms with Crippen LogP contribution in [-0.2, 0) is 23.2 Å². The van der Waals surface area contributed by atoms with E-state index in [0.29, 0.717) is 11.8 Å². The Morgan fingerprint density at radius 3 is 1.28 bits per heavy atom. The first-order valence-electron chi connectivity index (χ1n) is 18.5. The maximum absolute atomic E-state index is 4.98. The van der Waals surface area contributed by atoms with Crippen molar-refractivity contribution in [1.82, 2.24) is 9.97 Å². The van der Waals surface area contributed by atoms with E-state index in [-0.39, 0.29) is 36.6 Å². The first-order chi connectivity index (χ1) is 25.0. The summed E-state index contributed by atoms with van der Waals surface area (Å²) in [5, 5.41) is 0. The minimum Gasteiger partial charge on any atom is -1.00 e. The van der Waals surface area contributed by atoms with Gasteiger partial charge in [-0.05, 0) is 0 Å². The van der Waals surface area contributed by atoms with E-state index in [1.54, 1.807) is 6.56 Å². The Balaban J connectivity index is 0.00000240. The van der Waals surface area contributed by atoms with Crippen molar-refractivity contribution in [2.45, 2.75) is 64.2 Å². The van der Waals surface area contributed by atoms with Gasteiger partial charge >= 0.3 is 317 Å². The number of halogens is 2. The van der Waals surface area contributed by atoms with E-state index in [4.69, 9.17) is 9.97 Å². The van der Waals surface area contributed by atoms with Gasteiger partial charge in [-0.3, -0.25) is 0 Å². The van der Waals surface area contributed by atoms with Crippen molar-refractivity contribution in [2.24, 2.45) is 0 Å². The van der Waals surface area contributed by atoms with Gasteiger partial charge in [-0.2, -0.15) is 0 Å². The molecule has 8 rings (SSSR count). The number of pyridine rings is 2. The van der Waals surface area contributed by atoms with E-state index in [0.717, 1.165) is 24.2 Å². The van der Waals surface area contributed by atoms with Crippen LogP contribution in [0.3, 0.4) is 0 Å². The molecule has 53 heavy (non-hydrogen) atoms. The van der Waals surface area contributed by atoms with Gasteiger partial charge < -0.3 is 24.8 Å². The molecule has 0 amide bonds. The summed E-state index contributed by atoms with van der Waals surface area (Å²) in [6.07, 6.45) is 11.3. The third-order valence-corrected chi connectivity index (χ3v) is 14.7. The quantitative estimate of drug-likeness (QED) is 0.156. The molecule has 0 saturated heterocycles. The van der Waals surface area contributed by atoms with Gasteiger partial charge in [0.1, 0.15) is 0 Å². The molecule has 0 saturated carbocycles. The normalized spacial score (nSPS) is 16.5. The molecule has 2 aliphatic carbocycles. The second-order valence-electron chi connectivity index (χ2n) is 14.2. The number of allylic oxidation sites excluding steroid dienone is 2. The summed E-state index contributed by atoms with van der Waals surface area (Å²) in [5.41, 5.74) is 15.7. The minimum absolute atomic E-state index is 0. The van der Waals surface area contributed by atoms with Crippen LogP contribution in [0.5, 0.6) is 0 Å². The predicted molar refractivity (Wildman–Crippen MR) is 209 cm³/mol. The summed E-state index contributed by atoms with van der Waals surface area (Å²) in [4.78, 5) is 9.96. The number of nitrogens with zero attached hydrogens (tertiary/aromatic N) is 2. The number of fused-ring (bicyclic) bond motifs is 2. The van der Waals surface area contributed by atoms with Gasteiger partial charge in [0, 0.05) is 0 Å². The Bertz CT molecular complexity index is 2070. The Kier molecular flexibility index (Phi) is 12.5. The minimum atomic E-state index is -1.33. The number of benzene rings is 4. The zero-order valence-electron chi connectivity index (χ0n) is 30.7. The molecule has 4 unspecified atom stereocenters. The van der Waals surface area contributed by atoms with Crippen LogP contribution in [0, 0.1) is 0 Å². The van der Waals surface area contributed by atoms with Crippen LogP contribution >= 0.6 is 0 Å². The number of aromatic nitrogens is 2. The average molecular weight is 811 g/mol. The van der Waals surface area contributed by atoms with Crippen LogP contribution in [0.4, 0.5) is 0 Å². The molecule has 264 valence electrons. The molecule has 0 bridgehead atoms. The van der Waals surface area contributed by atoms with Gasteiger partial charge in [-0.1, -0.05) is 0 Å². The molecule has 2 aromatic heterocycles. The Morgan fingerprint density at radius 2 is 0.925 bits per heavy atom. The second kappa shape index (κ2) is 17.1. The third-order valence-electron chi connectivity index (χ3n) is 11.2. The molecule has 4 aromatic carbocycles. The fraction of sp³-hybridized carbons (Fsp3) is 0.208. The SMILES string of the molecule is CCC(C)c1ccc(-c2cccc3c2C=[C]([Zr+2][C]2=Cc4c(-c5ccc(C(C)CC)cc5)cccc4C2c2ccccn2)C3c2ccccn2)cc1.[Cl-].[Cl-]. The summed E-state index contributed by atoms with van der Waals surface area (Å²) in [7, 11) is 0. The van der Waals surface area contributed by atoms with Gasteiger partial charge in [0.2, 0.25) is 0 Å². The van der Waals surface area contributed by atoms with Crippen LogP contribution in [-0.4, -0.2) is 9.97 Å². The molecule has 2 heterocycles. The van der Waals surface area contributed by atoms with Gasteiger partial charge in [0.25, 0.3) is 0 Å². The first kappa shape index (κ1) is 38.8. The monoisotopic (exact) mass is 808 g/mol. The van der Waals surface area contributed by atoms with Crippen molar-refractivity contribution >= 4 is 12.2 Å². The van der Waals surface area contributed by atoms with E-state index in [9.17, 15) is 0 Å². The van der Waals surface area contributed by atoms with Gasteiger partial charge in [0.15, 0.2) is 0 Å². The molecule has 2 aliphatic rings. The summed E-state index contributed by atoms with van der Waals surface area (Å²) in [6.45, 7) is 9.16. The fourth-order valence-electron chi connectivity index (χ4n) is 7.88. The van der Waals surface area contributed by atoms with E-state index in [1.807, 2.05) is 24.5 Å². The maximum Gasteiger partial charge on any atom is -1.00 e. The molecule has 0 N–H and O–H groups in total. The summed E-state index contributed by atoms with van der Waals surface area (Å²) in [6, 6.07) is 45.1. The molecule has 6 aromatic rings. The van der Waals surface area contributed by atoms with Crippen molar-refractivity contribution in [1.29, 1.82) is 0 Å². The molecular weight excluding hydrogens is 767 g/mol. The molecular formula is C48H44Cl2N2Zr.